The molecule has 0 radical (unpaired) electrons. The van der Waals surface area contributed by atoms with Gasteiger partial charge in [-0.1, -0.05) is 6.92 Å². The number of rotatable bonds is 6. The fourth-order valence-corrected chi connectivity index (χ4v) is 1.41. The highest BCUT2D eigenvalue weighted by Crippen LogP contribution is 2.01. The zero-order chi connectivity index (χ0) is 11.3. The van der Waals surface area contributed by atoms with Gasteiger partial charge in [-0.25, -0.2) is 4.98 Å². The van der Waals surface area contributed by atoms with E-state index in [1.54, 1.807) is 0 Å². The summed E-state index contributed by atoms with van der Waals surface area (Å²) in [5, 5.41) is 12.4. The van der Waals surface area contributed by atoms with Gasteiger partial charge in [-0.15, -0.1) is 0 Å². The van der Waals surface area contributed by atoms with Crippen molar-refractivity contribution in [2.75, 3.05) is 13.2 Å². The number of nitrogens with zero attached hydrogens (tertiary/aromatic N) is 2. The Morgan fingerprint density at radius 1 is 1.53 bits per heavy atom. The molecule has 0 fully saturated rings. The highest BCUT2D eigenvalue weighted by Gasteiger charge is 2.09. The number of imidazole rings is 1. The normalized spacial score (nSPS) is 15.2. The first-order valence-corrected chi connectivity index (χ1v) is 5.45. The van der Waals surface area contributed by atoms with Crippen LogP contribution in [0.3, 0.4) is 0 Å². The predicted octanol–water partition coefficient (Wildman–Crippen LogP) is 0.569. The van der Waals surface area contributed by atoms with E-state index in [2.05, 4.69) is 17.2 Å². The summed E-state index contributed by atoms with van der Waals surface area (Å²) in [6.07, 6.45) is 4.69. The lowest BCUT2D eigenvalue weighted by atomic mass is 10.1. The molecule has 0 spiro atoms. The van der Waals surface area contributed by atoms with Gasteiger partial charge in [-0.2, -0.15) is 0 Å². The third-order valence-corrected chi connectivity index (χ3v) is 2.88. The minimum Gasteiger partial charge on any atom is -0.396 e. The number of nitrogens with one attached hydrogen (secondary N) is 1. The van der Waals surface area contributed by atoms with Crippen LogP contribution >= 0.6 is 0 Å². The Bertz CT molecular complexity index is 285. The third kappa shape index (κ3) is 3.64. The zero-order valence-corrected chi connectivity index (χ0v) is 9.77. The second kappa shape index (κ2) is 5.88. The van der Waals surface area contributed by atoms with Crippen LogP contribution in [-0.4, -0.2) is 33.9 Å². The monoisotopic (exact) mass is 211 g/mol. The van der Waals surface area contributed by atoms with Crippen molar-refractivity contribution in [2.24, 2.45) is 13.0 Å². The van der Waals surface area contributed by atoms with Crippen molar-refractivity contribution in [3.05, 3.63) is 18.2 Å². The van der Waals surface area contributed by atoms with E-state index in [4.69, 9.17) is 5.11 Å². The number of aryl methyl sites for hydroxylation is 1. The van der Waals surface area contributed by atoms with Crippen LogP contribution in [0.1, 0.15) is 19.7 Å². The molecule has 0 aromatic carbocycles. The van der Waals surface area contributed by atoms with Gasteiger partial charge in [-0.05, 0) is 12.8 Å². The van der Waals surface area contributed by atoms with Crippen molar-refractivity contribution < 1.29 is 5.11 Å². The topological polar surface area (TPSA) is 50.1 Å². The average molecular weight is 211 g/mol. The van der Waals surface area contributed by atoms with Crippen LogP contribution in [0.2, 0.25) is 0 Å². The summed E-state index contributed by atoms with van der Waals surface area (Å²) in [4.78, 5) is 4.25. The summed E-state index contributed by atoms with van der Waals surface area (Å²) >= 11 is 0. The van der Waals surface area contributed by atoms with E-state index in [1.807, 2.05) is 30.9 Å². The summed E-state index contributed by atoms with van der Waals surface area (Å²) < 4.78 is 2.03. The molecule has 2 unspecified atom stereocenters. The molecular formula is C11H21N3O. The minimum atomic E-state index is 0.233. The van der Waals surface area contributed by atoms with Gasteiger partial charge in [0.25, 0.3) is 0 Å². The molecule has 15 heavy (non-hydrogen) atoms. The molecule has 0 aliphatic rings. The molecule has 0 aliphatic heterocycles. The largest absolute Gasteiger partial charge is 0.396 e. The van der Waals surface area contributed by atoms with Gasteiger partial charge in [-0.3, -0.25) is 0 Å². The summed E-state index contributed by atoms with van der Waals surface area (Å²) in [7, 11) is 2.00. The van der Waals surface area contributed by atoms with Gasteiger partial charge in [0, 0.05) is 45.1 Å². The summed E-state index contributed by atoms with van der Waals surface area (Å²) in [6, 6.07) is 0.343. The maximum atomic E-state index is 8.98. The van der Waals surface area contributed by atoms with E-state index in [0.717, 1.165) is 18.8 Å². The molecule has 2 N–H and O–H groups in total. The molecule has 1 rings (SSSR count). The van der Waals surface area contributed by atoms with Crippen LogP contribution in [0.25, 0.3) is 0 Å². The van der Waals surface area contributed by atoms with Gasteiger partial charge in [0.15, 0.2) is 0 Å². The van der Waals surface area contributed by atoms with Gasteiger partial charge < -0.3 is 15.0 Å². The van der Waals surface area contributed by atoms with Crippen molar-refractivity contribution in [2.45, 2.75) is 26.3 Å². The standard InChI is InChI=1S/C11H21N3O/c1-9(8-15)10(2)12-5-4-11-13-6-7-14(11)3/h6-7,9-10,12,15H,4-5,8H2,1-3H3. The van der Waals surface area contributed by atoms with E-state index in [1.165, 1.54) is 0 Å². The van der Waals surface area contributed by atoms with Crippen molar-refractivity contribution in [3.63, 3.8) is 0 Å². The van der Waals surface area contributed by atoms with Crippen LogP contribution in [0.5, 0.6) is 0 Å². The molecule has 1 heterocycles. The second-order valence-corrected chi connectivity index (χ2v) is 4.11. The van der Waals surface area contributed by atoms with Crippen LogP contribution in [0.4, 0.5) is 0 Å². The molecule has 0 saturated carbocycles. The lowest BCUT2D eigenvalue weighted by molar-refractivity contribution is 0.208. The van der Waals surface area contributed by atoms with Crippen LogP contribution in [0.15, 0.2) is 12.4 Å². The maximum absolute atomic E-state index is 8.98. The van der Waals surface area contributed by atoms with E-state index in [0.29, 0.717) is 12.0 Å². The number of aliphatic hydroxyl groups is 1. The van der Waals surface area contributed by atoms with Gasteiger partial charge in [0.1, 0.15) is 5.82 Å². The number of hydrogen-bond acceptors (Lipinski definition) is 3. The van der Waals surface area contributed by atoms with Crippen LogP contribution in [0, 0.1) is 5.92 Å². The number of aliphatic hydroxyl groups excluding tert-OH is 1. The van der Waals surface area contributed by atoms with Crippen LogP contribution in [-0.2, 0) is 13.5 Å². The highest BCUT2D eigenvalue weighted by atomic mass is 16.3. The van der Waals surface area contributed by atoms with E-state index < -0.39 is 0 Å². The molecule has 0 saturated heterocycles. The zero-order valence-electron chi connectivity index (χ0n) is 9.77. The number of hydrogen-bond donors (Lipinski definition) is 2. The third-order valence-electron chi connectivity index (χ3n) is 2.88. The van der Waals surface area contributed by atoms with Crippen molar-refractivity contribution in [1.29, 1.82) is 0 Å². The number of aromatic nitrogens is 2. The molecule has 1 aromatic rings. The smallest absolute Gasteiger partial charge is 0.109 e. The summed E-state index contributed by atoms with van der Waals surface area (Å²) in [5.41, 5.74) is 0. The quantitative estimate of drug-likeness (QED) is 0.723. The Morgan fingerprint density at radius 2 is 2.27 bits per heavy atom. The molecule has 0 amide bonds. The predicted molar refractivity (Wildman–Crippen MR) is 60.6 cm³/mol. The Labute approximate surface area is 91.3 Å². The molecule has 4 heteroatoms. The van der Waals surface area contributed by atoms with Crippen LogP contribution < -0.4 is 5.32 Å². The minimum absolute atomic E-state index is 0.233. The first-order chi connectivity index (χ1) is 7.15. The van der Waals surface area contributed by atoms with Crippen molar-refractivity contribution in [3.8, 4) is 0 Å². The molecule has 1 aromatic heterocycles. The first kappa shape index (κ1) is 12.2. The molecule has 0 bridgehead atoms. The van der Waals surface area contributed by atoms with E-state index >= 15 is 0 Å². The first-order valence-electron chi connectivity index (χ1n) is 5.45. The van der Waals surface area contributed by atoms with Crippen molar-refractivity contribution in [1.82, 2.24) is 14.9 Å². The maximum Gasteiger partial charge on any atom is 0.109 e. The van der Waals surface area contributed by atoms with Gasteiger partial charge >= 0.3 is 0 Å². The lowest BCUT2D eigenvalue weighted by Gasteiger charge is -2.19. The second-order valence-electron chi connectivity index (χ2n) is 4.11. The Kier molecular flexibility index (Phi) is 4.78. The molecule has 4 nitrogen and oxygen atoms in total. The fraction of sp³-hybridized carbons (Fsp3) is 0.727. The van der Waals surface area contributed by atoms with Crippen molar-refractivity contribution >= 4 is 0 Å². The average Bonchev–Trinajstić information content (AvgIpc) is 2.63. The fourth-order valence-electron chi connectivity index (χ4n) is 1.41. The van der Waals surface area contributed by atoms with E-state index in [-0.39, 0.29) is 6.61 Å². The molecule has 0 aliphatic carbocycles. The van der Waals surface area contributed by atoms with E-state index in [9.17, 15) is 0 Å². The Balaban J connectivity index is 2.25. The lowest BCUT2D eigenvalue weighted by Crippen LogP contribution is -2.35. The summed E-state index contributed by atoms with van der Waals surface area (Å²) in [6.45, 7) is 5.27. The molecule has 86 valence electrons. The van der Waals surface area contributed by atoms with Gasteiger partial charge in [0.05, 0.1) is 0 Å². The molecular weight excluding hydrogens is 190 g/mol. The highest BCUT2D eigenvalue weighted by molar-refractivity contribution is 4.91. The summed E-state index contributed by atoms with van der Waals surface area (Å²) in [5.74, 6) is 1.39. The van der Waals surface area contributed by atoms with Gasteiger partial charge in [0.2, 0.25) is 0 Å². The Hall–Kier alpha value is -0.870. The SMILES string of the molecule is CC(CO)C(C)NCCc1nccn1C. The Morgan fingerprint density at radius 3 is 2.80 bits per heavy atom. The molecule has 2 atom stereocenters.